The van der Waals surface area contributed by atoms with Crippen molar-refractivity contribution in [2.24, 2.45) is 0 Å². The molecule has 124 valence electrons. The van der Waals surface area contributed by atoms with E-state index >= 15 is 0 Å². The monoisotopic (exact) mass is 332 g/mol. The van der Waals surface area contributed by atoms with Crippen molar-refractivity contribution >= 4 is 17.0 Å². The van der Waals surface area contributed by atoms with Gasteiger partial charge in [0.15, 0.2) is 5.65 Å². The SMILES string of the molecule is CCOC(=O)c1nc2c(cnn2-c2ccc(F)cc2OC)c(=O)[nH]1. The van der Waals surface area contributed by atoms with Gasteiger partial charge in [-0.1, -0.05) is 0 Å². The molecule has 0 saturated carbocycles. The first kappa shape index (κ1) is 15.7. The number of aromatic nitrogens is 4. The minimum absolute atomic E-state index is 0.131. The Balaban J connectivity index is 2.23. The molecule has 0 saturated heterocycles. The maximum Gasteiger partial charge on any atom is 0.374 e. The molecule has 0 atom stereocenters. The Morgan fingerprint density at radius 1 is 1.42 bits per heavy atom. The van der Waals surface area contributed by atoms with Gasteiger partial charge in [0.25, 0.3) is 5.56 Å². The molecule has 0 aliphatic carbocycles. The number of methoxy groups -OCH3 is 1. The van der Waals surface area contributed by atoms with E-state index in [-0.39, 0.29) is 29.2 Å². The van der Waals surface area contributed by atoms with Crippen LogP contribution in [-0.4, -0.2) is 39.4 Å². The molecule has 0 fully saturated rings. The second-order valence-electron chi connectivity index (χ2n) is 4.74. The zero-order valence-corrected chi connectivity index (χ0v) is 12.9. The molecule has 0 aliphatic heterocycles. The number of halogens is 1. The molecular weight excluding hydrogens is 319 g/mol. The lowest BCUT2D eigenvalue weighted by Gasteiger charge is -2.09. The van der Waals surface area contributed by atoms with Crippen molar-refractivity contribution in [1.82, 2.24) is 19.7 Å². The minimum Gasteiger partial charge on any atom is -0.494 e. The Labute approximate surface area is 134 Å². The van der Waals surface area contributed by atoms with Gasteiger partial charge >= 0.3 is 5.97 Å². The summed E-state index contributed by atoms with van der Waals surface area (Å²) in [4.78, 5) is 30.4. The van der Waals surface area contributed by atoms with Gasteiger partial charge in [-0.15, -0.1) is 0 Å². The largest absolute Gasteiger partial charge is 0.494 e. The van der Waals surface area contributed by atoms with E-state index in [4.69, 9.17) is 9.47 Å². The standard InChI is InChI=1S/C15H13FN4O4/c1-3-24-15(22)12-18-13-9(14(21)19-12)7-17-20(13)10-5-4-8(16)6-11(10)23-2/h4-7H,3H2,1-2H3,(H,18,19,21). The number of H-pyrrole nitrogens is 1. The summed E-state index contributed by atoms with van der Waals surface area (Å²) in [5.74, 6) is -1.27. The fraction of sp³-hybridized carbons (Fsp3) is 0.200. The highest BCUT2D eigenvalue weighted by molar-refractivity contribution is 5.88. The number of hydrogen-bond donors (Lipinski definition) is 1. The fourth-order valence-electron chi connectivity index (χ4n) is 2.22. The van der Waals surface area contributed by atoms with Gasteiger partial charge in [-0.25, -0.2) is 18.9 Å². The molecule has 8 nitrogen and oxygen atoms in total. The Morgan fingerprint density at radius 3 is 2.92 bits per heavy atom. The van der Waals surface area contributed by atoms with Gasteiger partial charge in [-0.05, 0) is 19.1 Å². The number of hydrogen-bond acceptors (Lipinski definition) is 6. The molecule has 0 bridgehead atoms. The van der Waals surface area contributed by atoms with Gasteiger partial charge < -0.3 is 14.5 Å². The number of carbonyl (C=O) groups excluding carboxylic acids is 1. The van der Waals surface area contributed by atoms with Crippen molar-refractivity contribution < 1.29 is 18.7 Å². The summed E-state index contributed by atoms with van der Waals surface area (Å²) in [6.07, 6.45) is 1.30. The number of carbonyl (C=O) groups is 1. The average molecular weight is 332 g/mol. The third kappa shape index (κ3) is 2.60. The molecule has 0 spiro atoms. The first-order valence-corrected chi connectivity index (χ1v) is 7.04. The molecule has 0 aliphatic rings. The Morgan fingerprint density at radius 2 is 2.21 bits per heavy atom. The van der Waals surface area contributed by atoms with Gasteiger partial charge in [-0.3, -0.25) is 4.79 Å². The Bertz CT molecular complexity index is 979. The molecule has 0 radical (unpaired) electrons. The van der Waals surface area contributed by atoms with Crippen LogP contribution in [0.4, 0.5) is 4.39 Å². The third-order valence-electron chi connectivity index (χ3n) is 3.28. The maximum absolute atomic E-state index is 13.4. The van der Waals surface area contributed by atoms with E-state index in [1.807, 2.05) is 0 Å². The van der Waals surface area contributed by atoms with E-state index in [1.54, 1.807) is 6.92 Å². The number of aromatic amines is 1. The molecule has 3 aromatic rings. The summed E-state index contributed by atoms with van der Waals surface area (Å²) < 4.78 is 24.6. The summed E-state index contributed by atoms with van der Waals surface area (Å²) in [6, 6.07) is 3.85. The highest BCUT2D eigenvalue weighted by Crippen LogP contribution is 2.25. The van der Waals surface area contributed by atoms with Crippen molar-refractivity contribution in [1.29, 1.82) is 0 Å². The quantitative estimate of drug-likeness (QED) is 0.726. The molecule has 1 aromatic carbocycles. The normalized spacial score (nSPS) is 10.8. The first-order valence-electron chi connectivity index (χ1n) is 7.04. The van der Waals surface area contributed by atoms with E-state index < -0.39 is 17.3 Å². The topological polar surface area (TPSA) is 99.1 Å². The highest BCUT2D eigenvalue weighted by Gasteiger charge is 2.18. The van der Waals surface area contributed by atoms with Crippen molar-refractivity contribution in [3.63, 3.8) is 0 Å². The first-order chi connectivity index (χ1) is 11.5. The van der Waals surface area contributed by atoms with E-state index in [0.717, 1.165) is 0 Å². The lowest BCUT2D eigenvalue weighted by atomic mass is 10.3. The zero-order valence-electron chi connectivity index (χ0n) is 12.9. The van der Waals surface area contributed by atoms with Crippen LogP contribution in [0.5, 0.6) is 5.75 Å². The molecule has 0 unspecified atom stereocenters. The smallest absolute Gasteiger partial charge is 0.374 e. The van der Waals surface area contributed by atoms with E-state index in [2.05, 4.69) is 15.1 Å². The molecule has 9 heteroatoms. The lowest BCUT2D eigenvalue weighted by molar-refractivity contribution is 0.0512. The summed E-state index contributed by atoms with van der Waals surface area (Å²) >= 11 is 0. The Kier molecular flexibility index (Phi) is 3.98. The van der Waals surface area contributed by atoms with E-state index in [1.165, 1.54) is 36.2 Å². The number of fused-ring (bicyclic) bond motifs is 1. The minimum atomic E-state index is -0.754. The van der Waals surface area contributed by atoms with Gasteiger partial charge in [0.05, 0.1) is 19.9 Å². The molecule has 1 N–H and O–H groups in total. The van der Waals surface area contributed by atoms with Crippen LogP contribution >= 0.6 is 0 Å². The number of benzene rings is 1. The van der Waals surface area contributed by atoms with Crippen LogP contribution in [0.2, 0.25) is 0 Å². The van der Waals surface area contributed by atoms with Crippen LogP contribution in [0.1, 0.15) is 17.5 Å². The number of nitrogens with one attached hydrogen (secondary N) is 1. The van der Waals surface area contributed by atoms with Crippen molar-refractivity contribution in [2.45, 2.75) is 6.92 Å². The second-order valence-corrected chi connectivity index (χ2v) is 4.74. The van der Waals surface area contributed by atoms with Gasteiger partial charge in [-0.2, -0.15) is 5.10 Å². The average Bonchev–Trinajstić information content (AvgIpc) is 2.99. The maximum atomic E-state index is 13.4. The predicted molar refractivity (Wildman–Crippen MR) is 82.0 cm³/mol. The lowest BCUT2D eigenvalue weighted by Crippen LogP contribution is -2.18. The molecule has 0 amide bonds. The zero-order chi connectivity index (χ0) is 17.3. The van der Waals surface area contributed by atoms with Gasteiger partial charge in [0.2, 0.25) is 5.82 Å². The number of ether oxygens (including phenoxy) is 2. The van der Waals surface area contributed by atoms with Gasteiger partial charge in [0, 0.05) is 6.07 Å². The number of esters is 1. The van der Waals surface area contributed by atoms with Crippen LogP contribution in [0.15, 0.2) is 29.2 Å². The van der Waals surface area contributed by atoms with E-state index in [0.29, 0.717) is 5.69 Å². The Hall–Kier alpha value is -3.23. The van der Waals surface area contributed by atoms with Crippen LogP contribution < -0.4 is 10.3 Å². The van der Waals surface area contributed by atoms with E-state index in [9.17, 15) is 14.0 Å². The van der Waals surface area contributed by atoms with Crippen LogP contribution in [-0.2, 0) is 4.74 Å². The van der Waals surface area contributed by atoms with Crippen molar-refractivity contribution in [3.8, 4) is 11.4 Å². The van der Waals surface area contributed by atoms with Crippen LogP contribution in [0.3, 0.4) is 0 Å². The van der Waals surface area contributed by atoms with Crippen LogP contribution in [0, 0.1) is 5.82 Å². The van der Waals surface area contributed by atoms with Crippen molar-refractivity contribution in [2.75, 3.05) is 13.7 Å². The second kappa shape index (κ2) is 6.11. The summed E-state index contributed by atoms with van der Waals surface area (Å²) in [6.45, 7) is 1.79. The highest BCUT2D eigenvalue weighted by atomic mass is 19.1. The summed E-state index contributed by atoms with van der Waals surface area (Å²) in [5.41, 5.74) is -0.0242. The van der Waals surface area contributed by atoms with Gasteiger partial charge in [0.1, 0.15) is 22.6 Å². The molecule has 2 aromatic heterocycles. The molecule has 24 heavy (non-hydrogen) atoms. The fourth-order valence-corrected chi connectivity index (χ4v) is 2.22. The summed E-state index contributed by atoms with van der Waals surface area (Å²) in [5, 5.41) is 4.27. The predicted octanol–water partition coefficient (Wildman–Crippen LogP) is 1.43. The number of rotatable bonds is 4. The van der Waals surface area contributed by atoms with Crippen LogP contribution in [0.25, 0.3) is 16.7 Å². The molecule has 2 heterocycles. The molecular formula is C15H13FN4O4. The molecule has 3 rings (SSSR count). The third-order valence-corrected chi connectivity index (χ3v) is 3.28. The summed E-state index contributed by atoms with van der Waals surface area (Å²) in [7, 11) is 1.38. The van der Waals surface area contributed by atoms with Crippen molar-refractivity contribution in [3.05, 3.63) is 46.4 Å². The number of nitrogens with zero attached hydrogens (tertiary/aromatic N) is 3.